The lowest BCUT2D eigenvalue weighted by molar-refractivity contribution is 0.181. The van der Waals surface area contributed by atoms with Gasteiger partial charge in [0.1, 0.15) is 5.75 Å². The SMILES string of the molecule is Cc1cc(O)cc(CN2CCN(c3nc4ccc(Cl)cc4s3)C[C@@H]2C)c1.Cl.Cl. The molecule has 0 saturated carbocycles. The Bertz CT molecular complexity index is 929. The highest BCUT2D eigenvalue weighted by Gasteiger charge is 2.25. The van der Waals surface area contributed by atoms with Crippen LogP contribution in [0.1, 0.15) is 18.1 Å². The Hall–Kier alpha value is -1.24. The molecule has 1 aliphatic heterocycles. The number of aromatic hydroxyl groups is 1. The van der Waals surface area contributed by atoms with E-state index in [1.165, 1.54) is 0 Å². The fraction of sp³-hybridized carbons (Fsp3) is 0.350. The zero-order chi connectivity index (χ0) is 18.3. The molecule has 4 nitrogen and oxygen atoms in total. The van der Waals surface area contributed by atoms with Gasteiger partial charge in [-0.25, -0.2) is 4.98 Å². The monoisotopic (exact) mass is 459 g/mol. The Labute approximate surface area is 187 Å². The highest BCUT2D eigenvalue weighted by atomic mass is 35.5. The molecule has 0 radical (unpaired) electrons. The second kappa shape index (κ2) is 9.51. The molecular weight excluding hydrogens is 437 g/mol. The molecule has 4 rings (SSSR count). The van der Waals surface area contributed by atoms with Gasteiger partial charge >= 0.3 is 0 Å². The van der Waals surface area contributed by atoms with Crippen molar-refractivity contribution in [3.63, 3.8) is 0 Å². The van der Waals surface area contributed by atoms with E-state index in [-0.39, 0.29) is 24.8 Å². The number of aryl methyl sites for hydroxylation is 1. The predicted octanol–water partition coefficient (Wildman–Crippen LogP) is 5.52. The van der Waals surface area contributed by atoms with E-state index in [2.05, 4.69) is 22.8 Å². The molecule has 3 aromatic rings. The van der Waals surface area contributed by atoms with Crippen LogP contribution in [-0.4, -0.2) is 40.7 Å². The topological polar surface area (TPSA) is 39.6 Å². The summed E-state index contributed by atoms with van der Waals surface area (Å²) in [6, 6.07) is 12.1. The fourth-order valence-electron chi connectivity index (χ4n) is 3.59. The third kappa shape index (κ3) is 5.02. The second-order valence-corrected chi connectivity index (χ2v) is 8.50. The van der Waals surface area contributed by atoms with E-state index in [1.807, 2.05) is 31.2 Å². The van der Waals surface area contributed by atoms with Gasteiger partial charge in [-0.3, -0.25) is 4.90 Å². The van der Waals surface area contributed by atoms with Crippen molar-refractivity contribution >= 4 is 63.1 Å². The molecule has 1 fully saturated rings. The quantitative estimate of drug-likeness (QED) is 0.559. The number of fused-ring (bicyclic) bond motifs is 1. The molecule has 1 saturated heterocycles. The summed E-state index contributed by atoms with van der Waals surface area (Å²) in [6.45, 7) is 8.02. The Morgan fingerprint density at radius 2 is 1.96 bits per heavy atom. The van der Waals surface area contributed by atoms with E-state index < -0.39 is 0 Å². The van der Waals surface area contributed by atoms with Gasteiger partial charge in [-0.1, -0.05) is 29.0 Å². The summed E-state index contributed by atoms with van der Waals surface area (Å²) in [5.41, 5.74) is 3.27. The number of phenols is 1. The molecule has 8 heteroatoms. The second-order valence-electron chi connectivity index (χ2n) is 7.05. The van der Waals surface area contributed by atoms with Crippen molar-refractivity contribution in [1.82, 2.24) is 9.88 Å². The molecular formula is C20H24Cl3N3OS. The van der Waals surface area contributed by atoms with Crippen LogP contribution < -0.4 is 4.90 Å². The lowest BCUT2D eigenvalue weighted by Crippen LogP contribution is -2.51. The number of anilines is 1. The van der Waals surface area contributed by atoms with Gasteiger partial charge in [0.25, 0.3) is 0 Å². The molecule has 1 atom stereocenters. The van der Waals surface area contributed by atoms with Crippen LogP contribution in [0.15, 0.2) is 36.4 Å². The van der Waals surface area contributed by atoms with Crippen molar-refractivity contribution in [3.05, 3.63) is 52.5 Å². The van der Waals surface area contributed by atoms with Gasteiger partial charge in [-0.2, -0.15) is 0 Å². The van der Waals surface area contributed by atoms with E-state index in [0.717, 1.165) is 57.7 Å². The maximum Gasteiger partial charge on any atom is 0.186 e. The zero-order valence-electron chi connectivity index (χ0n) is 15.8. The minimum absolute atomic E-state index is 0. The van der Waals surface area contributed by atoms with Gasteiger partial charge in [0.2, 0.25) is 0 Å². The molecule has 0 bridgehead atoms. The van der Waals surface area contributed by atoms with Crippen LogP contribution >= 0.6 is 47.8 Å². The smallest absolute Gasteiger partial charge is 0.186 e. The molecule has 1 N–H and O–H groups in total. The maximum absolute atomic E-state index is 9.83. The third-order valence-corrected chi connectivity index (χ3v) is 6.20. The van der Waals surface area contributed by atoms with Gasteiger partial charge in [0, 0.05) is 37.2 Å². The summed E-state index contributed by atoms with van der Waals surface area (Å²) in [6.07, 6.45) is 0. The molecule has 28 heavy (non-hydrogen) atoms. The predicted molar refractivity (Wildman–Crippen MR) is 124 cm³/mol. The van der Waals surface area contributed by atoms with Gasteiger partial charge in [-0.05, 0) is 55.3 Å². The lowest BCUT2D eigenvalue weighted by Gasteiger charge is -2.39. The largest absolute Gasteiger partial charge is 0.508 e. The summed E-state index contributed by atoms with van der Waals surface area (Å²) in [7, 11) is 0. The number of aromatic nitrogens is 1. The normalized spacial score (nSPS) is 17.2. The minimum atomic E-state index is 0. The van der Waals surface area contributed by atoms with Crippen molar-refractivity contribution in [1.29, 1.82) is 0 Å². The molecule has 1 aliphatic rings. The number of nitrogens with zero attached hydrogens (tertiary/aromatic N) is 3. The van der Waals surface area contributed by atoms with Crippen molar-refractivity contribution in [3.8, 4) is 5.75 Å². The van der Waals surface area contributed by atoms with Crippen LogP contribution in [0, 0.1) is 6.92 Å². The fourth-order valence-corrected chi connectivity index (χ4v) is 4.87. The number of benzene rings is 2. The highest BCUT2D eigenvalue weighted by molar-refractivity contribution is 7.22. The molecule has 0 amide bonds. The van der Waals surface area contributed by atoms with E-state index in [4.69, 9.17) is 16.6 Å². The van der Waals surface area contributed by atoms with Crippen LogP contribution in [-0.2, 0) is 6.54 Å². The van der Waals surface area contributed by atoms with Crippen LogP contribution in [0.4, 0.5) is 5.13 Å². The first-order valence-corrected chi connectivity index (χ1v) is 10.0. The molecule has 2 aromatic carbocycles. The van der Waals surface area contributed by atoms with Gasteiger partial charge in [0.05, 0.1) is 10.2 Å². The average molecular weight is 461 g/mol. The van der Waals surface area contributed by atoms with E-state index >= 15 is 0 Å². The molecule has 1 aromatic heterocycles. The summed E-state index contributed by atoms with van der Waals surface area (Å²) in [5.74, 6) is 0.347. The van der Waals surface area contributed by atoms with E-state index in [0.29, 0.717) is 11.8 Å². The number of phenolic OH excluding ortho intramolecular Hbond substituents is 1. The molecule has 2 heterocycles. The lowest BCUT2D eigenvalue weighted by atomic mass is 10.1. The number of piperazine rings is 1. The zero-order valence-corrected chi connectivity index (χ0v) is 19.0. The molecule has 0 spiro atoms. The first-order valence-electron chi connectivity index (χ1n) is 8.82. The Morgan fingerprint density at radius 1 is 1.18 bits per heavy atom. The van der Waals surface area contributed by atoms with Gasteiger partial charge in [0.15, 0.2) is 5.13 Å². The first-order chi connectivity index (χ1) is 12.5. The molecule has 0 unspecified atom stereocenters. The van der Waals surface area contributed by atoms with Gasteiger partial charge in [-0.15, -0.1) is 24.8 Å². The van der Waals surface area contributed by atoms with Crippen LogP contribution in [0.25, 0.3) is 10.2 Å². The third-order valence-electron chi connectivity index (χ3n) is 4.88. The van der Waals surface area contributed by atoms with E-state index in [9.17, 15) is 5.11 Å². The minimum Gasteiger partial charge on any atom is -0.508 e. The first kappa shape index (κ1) is 23.0. The van der Waals surface area contributed by atoms with Crippen LogP contribution in [0.2, 0.25) is 5.02 Å². The van der Waals surface area contributed by atoms with E-state index in [1.54, 1.807) is 17.4 Å². The highest BCUT2D eigenvalue weighted by Crippen LogP contribution is 2.32. The summed E-state index contributed by atoms with van der Waals surface area (Å²) in [4.78, 5) is 9.61. The number of halogens is 3. The standard InChI is InChI=1S/C20H22ClN3OS.2ClH/c1-13-7-15(9-17(25)8-13)12-23-5-6-24(11-14(23)2)20-22-18-4-3-16(21)10-19(18)26-20;;/h3-4,7-10,14,25H,5-6,11-12H2,1-2H3;2*1H/t14-;;/m0../s1. The summed E-state index contributed by atoms with van der Waals surface area (Å²) in [5, 5.41) is 11.7. The molecule has 0 aliphatic carbocycles. The Morgan fingerprint density at radius 3 is 2.68 bits per heavy atom. The van der Waals surface area contributed by atoms with Crippen LogP contribution in [0.3, 0.4) is 0 Å². The Kier molecular flexibility index (Phi) is 7.82. The van der Waals surface area contributed by atoms with Crippen molar-refractivity contribution in [2.45, 2.75) is 26.4 Å². The van der Waals surface area contributed by atoms with Crippen molar-refractivity contribution in [2.24, 2.45) is 0 Å². The summed E-state index contributed by atoms with van der Waals surface area (Å²) < 4.78 is 1.14. The number of hydrogen-bond acceptors (Lipinski definition) is 5. The summed E-state index contributed by atoms with van der Waals surface area (Å²) >= 11 is 7.80. The maximum atomic E-state index is 9.83. The van der Waals surface area contributed by atoms with Crippen molar-refractivity contribution in [2.75, 3.05) is 24.5 Å². The number of rotatable bonds is 3. The number of hydrogen-bond donors (Lipinski definition) is 1. The number of thiazole rings is 1. The Balaban J connectivity index is 0.00000140. The van der Waals surface area contributed by atoms with Crippen LogP contribution in [0.5, 0.6) is 5.75 Å². The van der Waals surface area contributed by atoms with Gasteiger partial charge < -0.3 is 10.0 Å². The van der Waals surface area contributed by atoms with Crippen molar-refractivity contribution < 1.29 is 5.11 Å². The average Bonchev–Trinajstić information content (AvgIpc) is 2.99. The molecule has 152 valence electrons.